The van der Waals surface area contributed by atoms with Gasteiger partial charge in [0.15, 0.2) is 17.3 Å². The molecule has 0 saturated carbocycles. The number of carbonyl (C=O) groups is 1. The van der Waals surface area contributed by atoms with Gasteiger partial charge in [-0.05, 0) is 24.6 Å². The summed E-state index contributed by atoms with van der Waals surface area (Å²) in [5.74, 6) is -0.536. The molecule has 1 unspecified atom stereocenters. The second-order valence-electron chi connectivity index (χ2n) is 3.64. The molecule has 88 valence electrons. The molecule has 4 heteroatoms. The standard InChI is InChI=1S/C12H16FNO2/c1-3-9(14)7-11(15)8-4-5-12(16-2)10(13)6-8/h4-6,9H,3,7,14H2,1-2H3. The van der Waals surface area contributed by atoms with Crippen LogP contribution in [0, 0.1) is 5.82 Å². The van der Waals surface area contributed by atoms with Crippen LogP contribution < -0.4 is 10.5 Å². The van der Waals surface area contributed by atoms with E-state index in [2.05, 4.69) is 0 Å². The van der Waals surface area contributed by atoms with Gasteiger partial charge in [0, 0.05) is 18.0 Å². The first-order chi connectivity index (χ1) is 7.58. The zero-order chi connectivity index (χ0) is 12.1. The summed E-state index contributed by atoms with van der Waals surface area (Å²) in [5.41, 5.74) is 6.00. The van der Waals surface area contributed by atoms with Gasteiger partial charge in [0.2, 0.25) is 0 Å². The van der Waals surface area contributed by atoms with Crippen LogP contribution in [0.25, 0.3) is 0 Å². The fourth-order valence-electron chi connectivity index (χ4n) is 1.34. The molecule has 0 saturated heterocycles. The Kier molecular flexibility index (Phi) is 4.43. The summed E-state index contributed by atoms with van der Waals surface area (Å²) in [7, 11) is 1.38. The van der Waals surface area contributed by atoms with Crippen LogP contribution in [0.2, 0.25) is 0 Å². The Balaban J connectivity index is 2.81. The summed E-state index contributed by atoms with van der Waals surface area (Å²) in [6.45, 7) is 1.91. The Labute approximate surface area is 94.4 Å². The Morgan fingerprint density at radius 3 is 2.75 bits per heavy atom. The summed E-state index contributed by atoms with van der Waals surface area (Å²) in [6, 6.07) is 4.01. The molecule has 0 amide bonds. The van der Waals surface area contributed by atoms with Crippen LogP contribution in [-0.4, -0.2) is 18.9 Å². The number of benzene rings is 1. The largest absolute Gasteiger partial charge is 0.494 e. The average molecular weight is 225 g/mol. The molecule has 0 aliphatic carbocycles. The van der Waals surface area contributed by atoms with Crippen molar-refractivity contribution < 1.29 is 13.9 Å². The second kappa shape index (κ2) is 5.61. The van der Waals surface area contributed by atoms with E-state index in [-0.39, 0.29) is 24.0 Å². The molecule has 2 N–H and O–H groups in total. The van der Waals surface area contributed by atoms with Crippen LogP contribution >= 0.6 is 0 Å². The molecule has 1 rings (SSSR count). The van der Waals surface area contributed by atoms with Gasteiger partial charge in [-0.1, -0.05) is 6.92 Å². The van der Waals surface area contributed by atoms with Gasteiger partial charge in [-0.2, -0.15) is 0 Å². The molecule has 16 heavy (non-hydrogen) atoms. The van der Waals surface area contributed by atoms with Crippen molar-refractivity contribution >= 4 is 5.78 Å². The number of Topliss-reactive ketones (excluding diaryl/α,β-unsaturated/α-hetero) is 1. The number of ketones is 1. The summed E-state index contributed by atoms with van der Waals surface area (Å²) in [5, 5.41) is 0. The van der Waals surface area contributed by atoms with E-state index in [4.69, 9.17) is 10.5 Å². The molecule has 1 aromatic carbocycles. The van der Waals surface area contributed by atoms with E-state index in [9.17, 15) is 9.18 Å². The minimum Gasteiger partial charge on any atom is -0.494 e. The summed E-state index contributed by atoms with van der Waals surface area (Å²) < 4.78 is 18.1. The normalized spacial score (nSPS) is 12.2. The molecule has 0 aromatic heterocycles. The fourth-order valence-corrected chi connectivity index (χ4v) is 1.34. The molecular weight excluding hydrogens is 209 g/mol. The zero-order valence-electron chi connectivity index (χ0n) is 9.50. The molecule has 0 radical (unpaired) electrons. The van der Waals surface area contributed by atoms with Crippen molar-refractivity contribution in [2.45, 2.75) is 25.8 Å². The van der Waals surface area contributed by atoms with Crippen molar-refractivity contribution in [3.05, 3.63) is 29.6 Å². The van der Waals surface area contributed by atoms with E-state index in [0.29, 0.717) is 5.56 Å². The van der Waals surface area contributed by atoms with Crippen molar-refractivity contribution in [2.75, 3.05) is 7.11 Å². The molecule has 0 fully saturated rings. The van der Waals surface area contributed by atoms with E-state index >= 15 is 0 Å². The summed E-state index contributed by atoms with van der Waals surface area (Å²) in [6.07, 6.45) is 0.965. The minimum atomic E-state index is -0.529. The summed E-state index contributed by atoms with van der Waals surface area (Å²) in [4.78, 5) is 11.7. The highest BCUT2D eigenvalue weighted by atomic mass is 19.1. The molecule has 0 aliphatic rings. The smallest absolute Gasteiger partial charge is 0.165 e. The Hall–Kier alpha value is -1.42. The third-order valence-electron chi connectivity index (χ3n) is 2.45. The third kappa shape index (κ3) is 3.03. The average Bonchev–Trinajstić information content (AvgIpc) is 2.28. The number of carbonyl (C=O) groups excluding carboxylic acids is 1. The predicted octanol–water partition coefficient (Wildman–Crippen LogP) is 2.14. The monoisotopic (exact) mass is 225 g/mol. The van der Waals surface area contributed by atoms with Crippen molar-refractivity contribution in [2.24, 2.45) is 5.73 Å². The van der Waals surface area contributed by atoms with Crippen LogP contribution in [0.4, 0.5) is 4.39 Å². The first-order valence-corrected chi connectivity index (χ1v) is 5.20. The van der Waals surface area contributed by atoms with E-state index < -0.39 is 5.82 Å². The predicted molar refractivity (Wildman–Crippen MR) is 60.2 cm³/mol. The lowest BCUT2D eigenvalue weighted by atomic mass is 10.0. The highest BCUT2D eigenvalue weighted by Gasteiger charge is 2.12. The van der Waals surface area contributed by atoms with Gasteiger partial charge < -0.3 is 10.5 Å². The Morgan fingerprint density at radius 1 is 1.56 bits per heavy atom. The molecule has 0 heterocycles. The zero-order valence-corrected chi connectivity index (χ0v) is 9.50. The van der Waals surface area contributed by atoms with Crippen LogP contribution in [0.3, 0.4) is 0 Å². The maximum atomic E-state index is 13.3. The molecule has 0 bridgehead atoms. The number of hydrogen-bond acceptors (Lipinski definition) is 3. The lowest BCUT2D eigenvalue weighted by molar-refractivity contribution is 0.0973. The second-order valence-corrected chi connectivity index (χ2v) is 3.64. The van der Waals surface area contributed by atoms with Crippen LogP contribution in [0.1, 0.15) is 30.1 Å². The molecule has 1 atom stereocenters. The highest BCUT2D eigenvalue weighted by Crippen LogP contribution is 2.18. The van der Waals surface area contributed by atoms with Gasteiger partial charge in [0.05, 0.1) is 7.11 Å². The maximum Gasteiger partial charge on any atom is 0.165 e. The van der Waals surface area contributed by atoms with Crippen LogP contribution in [0.5, 0.6) is 5.75 Å². The van der Waals surface area contributed by atoms with Crippen molar-refractivity contribution in [1.29, 1.82) is 0 Å². The van der Waals surface area contributed by atoms with Gasteiger partial charge >= 0.3 is 0 Å². The van der Waals surface area contributed by atoms with Crippen LogP contribution in [0.15, 0.2) is 18.2 Å². The SMILES string of the molecule is CCC(N)CC(=O)c1ccc(OC)c(F)c1. The van der Waals surface area contributed by atoms with Gasteiger partial charge in [0.1, 0.15) is 0 Å². The quantitative estimate of drug-likeness (QED) is 0.781. The van der Waals surface area contributed by atoms with E-state index in [1.165, 1.54) is 19.2 Å². The minimum absolute atomic E-state index is 0.135. The van der Waals surface area contributed by atoms with Crippen molar-refractivity contribution in [1.82, 2.24) is 0 Å². The van der Waals surface area contributed by atoms with E-state index in [1.54, 1.807) is 6.07 Å². The number of hydrogen-bond donors (Lipinski definition) is 1. The molecule has 0 spiro atoms. The van der Waals surface area contributed by atoms with Gasteiger partial charge in [0.25, 0.3) is 0 Å². The lowest BCUT2D eigenvalue weighted by Crippen LogP contribution is -2.22. The van der Waals surface area contributed by atoms with E-state index in [0.717, 1.165) is 6.42 Å². The number of rotatable bonds is 5. The van der Waals surface area contributed by atoms with Gasteiger partial charge in [-0.15, -0.1) is 0 Å². The van der Waals surface area contributed by atoms with Crippen LogP contribution in [-0.2, 0) is 0 Å². The molecule has 3 nitrogen and oxygen atoms in total. The van der Waals surface area contributed by atoms with Gasteiger partial charge in [-0.3, -0.25) is 4.79 Å². The molecular formula is C12H16FNO2. The maximum absolute atomic E-state index is 13.3. The number of ether oxygens (including phenoxy) is 1. The van der Waals surface area contributed by atoms with Crippen molar-refractivity contribution in [3.8, 4) is 5.75 Å². The highest BCUT2D eigenvalue weighted by molar-refractivity contribution is 5.96. The van der Waals surface area contributed by atoms with Gasteiger partial charge in [-0.25, -0.2) is 4.39 Å². The number of methoxy groups -OCH3 is 1. The number of halogens is 1. The first kappa shape index (κ1) is 12.6. The lowest BCUT2D eigenvalue weighted by Gasteiger charge is -2.08. The first-order valence-electron chi connectivity index (χ1n) is 5.20. The Bertz CT molecular complexity index is 379. The molecule has 0 aliphatic heterocycles. The Morgan fingerprint density at radius 2 is 2.25 bits per heavy atom. The van der Waals surface area contributed by atoms with E-state index in [1.807, 2.05) is 6.92 Å². The molecule has 1 aromatic rings. The topological polar surface area (TPSA) is 52.3 Å². The number of nitrogens with two attached hydrogens (primary N) is 1. The summed E-state index contributed by atoms with van der Waals surface area (Å²) >= 11 is 0. The fraction of sp³-hybridized carbons (Fsp3) is 0.417. The third-order valence-corrected chi connectivity index (χ3v) is 2.45. The van der Waals surface area contributed by atoms with Crippen molar-refractivity contribution in [3.63, 3.8) is 0 Å².